The Kier molecular flexibility index (Phi) is 6.05. The number of nitrogens with one attached hydrogen (secondary N) is 1. The lowest BCUT2D eigenvalue weighted by Crippen LogP contribution is -2.57. The minimum Gasteiger partial charge on any atom is -0.459 e. The topological polar surface area (TPSA) is 124 Å². The molecule has 0 bridgehead atoms. The third-order valence-corrected chi connectivity index (χ3v) is 5.42. The molecule has 0 spiro atoms. The largest absolute Gasteiger partial charge is 0.459 e. The van der Waals surface area contributed by atoms with Crippen molar-refractivity contribution < 1.29 is 24.2 Å². The van der Waals surface area contributed by atoms with Crippen LogP contribution in [0.15, 0.2) is 41.3 Å². The molecule has 4 unspecified atom stereocenters. The molecule has 10 heteroatoms. The van der Waals surface area contributed by atoms with Gasteiger partial charge in [0.15, 0.2) is 5.76 Å². The van der Waals surface area contributed by atoms with Gasteiger partial charge in [-0.3, -0.25) is 9.69 Å². The molecule has 4 rings (SSSR count). The van der Waals surface area contributed by atoms with Crippen molar-refractivity contribution in [1.82, 2.24) is 20.2 Å². The minimum atomic E-state index is -0.843. The van der Waals surface area contributed by atoms with Gasteiger partial charge in [-0.2, -0.15) is 0 Å². The molecule has 2 aliphatic rings. The smallest absolute Gasteiger partial charge is 0.287 e. The van der Waals surface area contributed by atoms with E-state index >= 15 is 0 Å². The Bertz CT molecular complexity index is 782. The van der Waals surface area contributed by atoms with Gasteiger partial charge in [-0.05, 0) is 18.2 Å². The van der Waals surface area contributed by atoms with Crippen LogP contribution in [0.25, 0.3) is 0 Å². The first kappa shape index (κ1) is 19.8. The van der Waals surface area contributed by atoms with E-state index in [1.165, 1.54) is 6.26 Å². The minimum absolute atomic E-state index is 0.208. The van der Waals surface area contributed by atoms with Gasteiger partial charge >= 0.3 is 0 Å². The SMILES string of the molecule is O=C(NCC1OC(CO)C(O)C1N1CCN(c2ncccn2)CC1)c1ccco1. The Morgan fingerprint density at radius 1 is 1.17 bits per heavy atom. The maximum Gasteiger partial charge on any atom is 0.287 e. The summed E-state index contributed by atoms with van der Waals surface area (Å²) in [4.78, 5) is 25.0. The Labute approximate surface area is 168 Å². The summed E-state index contributed by atoms with van der Waals surface area (Å²) in [5, 5.41) is 23.1. The van der Waals surface area contributed by atoms with Crippen LogP contribution in [0, 0.1) is 0 Å². The highest BCUT2D eigenvalue weighted by Crippen LogP contribution is 2.27. The van der Waals surface area contributed by atoms with Crippen LogP contribution in [0.4, 0.5) is 5.95 Å². The van der Waals surface area contributed by atoms with Crippen LogP contribution in [0.5, 0.6) is 0 Å². The molecule has 1 amide bonds. The van der Waals surface area contributed by atoms with Crippen molar-refractivity contribution in [3.8, 4) is 0 Å². The number of piperazine rings is 1. The normalized spacial score (nSPS) is 27.9. The fourth-order valence-corrected chi connectivity index (χ4v) is 3.96. The third-order valence-electron chi connectivity index (χ3n) is 5.42. The lowest BCUT2D eigenvalue weighted by atomic mass is 10.0. The van der Waals surface area contributed by atoms with Crippen molar-refractivity contribution in [2.24, 2.45) is 0 Å². The van der Waals surface area contributed by atoms with Gasteiger partial charge in [0, 0.05) is 45.1 Å². The molecule has 0 aliphatic carbocycles. The number of anilines is 1. The average molecular weight is 403 g/mol. The molecule has 0 radical (unpaired) electrons. The number of hydrogen-bond donors (Lipinski definition) is 3. The summed E-state index contributed by atoms with van der Waals surface area (Å²) in [6.45, 7) is 2.72. The van der Waals surface area contributed by atoms with Crippen molar-refractivity contribution in [3.63, 3.8) is 0 Å². The second-order valence-electron chi connectivity index (χ2n) is 7.14. The highest BCUT2D eigenvalue weighted by molar-refractivity contribution is 5.91. The number of aliphatic hydroxyl groups excluding tert-OH is 2. The van der Waals surface area contributed by atoms with E-state index in [2.05, 4.69) is 25.1 Å². The average Bonchev–Trinajstić information content (AvgIpc) is 3.41. The maximum atomic E-state index is 12.2. The highest BCUT2D eigenvalue weighted by Gasteiger charge is 2.46. The second kappa shape index (κ2) is 8.87. The fraction of sp³-hybridized carbons (Fsp3) is 0.526. The van der Waals surface area contributed by atoms with E-state index in [0.717, 1.165) is 0 Å². The predicted octanol–water partition coefficient (Wildman–Crippen LogP) is -0.889. The van der Waals surface area contributed by atoms with Crippen LogP contribution < -0.4 is 10.2 Å². The number of nitrogens with zero attached hydrogens (tertiary/aromatic N) is 4. The third kappa shape index (κ3) is 4.25. The van der Waals surface area contributed by atoms with Gasteiger partial charge in [-0.15, -0.1) is 0 Å². The zero-order valence-electron chi connectivity index (χ0n) is 15.9. The number of aromatic nitrogens is 2. The van der Waals surface area contributed by atoms with E-state index in [4.69, 9.17) is 9.15 Å². The van der Waals surface area contributed by atoms with Crippen LogP contribution in [-0.4, -0.2) is 94.7 Å². The van der Waals surface area contributed by atoms with Crippen molar-refractivity contribution in [2.75, 3.05) is 44.2 Å². The molecule has 0 aromatic carbocycles. The van der Waals surface area contributed by atoms with Gasteiger partial charge in [0.1, 0.15) is 12.2 Å². The summed E-state index contributed by atoms with van der Waals surface area (Å²) in [5.74, 6) is 0.562. The molecular formula is C19H25N5O5. The standard InChI is InChI=1S/C19H25N5O5/c25-12-15-17(26)16(14(29-15)11-22-18(27)13-3-1-10-28-13)23-6-8-24(9-7-23)19-20-4-2-5-21-19/h1-5,10,14-17,25-26H,6-9,11-12H2,(H,22,27). The predicted molar refractivity (Wildman–Crippen MR) is 102 cm³/mol. The molecular weight excluding hydrogens is 378 g/mol. The van der Waals surface area contributed by atoms with E-state index in [9.17, 15) is 15.0 Å². The van der Waals surface area contributed by atoms with E-state index in [1.807, 2.05) is 0 Å². The first-order valence-corrected chi connectivity index (χ1v) is 9.69. The molecule has 4 heterocycles. The van der Waals surface area contributed by atoms with E-state index in [0.29, 0.717) is 32.1 Å². The first-order valence-electron chi connectivity index (χ1n) is 9.69. The molecule has 0 saturated carbocycles. The summed E-state index contributed by atoms with van der Waals surface area (Å²) >= 11 is 0. The number of rotatable bonds is 6. The Hall–Kier alpha value is -2.53. The van der Waals surface area contributed by atoms with Crippen LogP contribution >= 0.6 is 0 Å². The lowest BCUT2D eigenvalue weighted by Gasteiger charge is -2.40. The molecule has 2 fully saturated rings. The second-order valence-corrected chi connectivity index (χ2v) is 7.14. The molecule has 3 N–H and O–H groups in total. The Balaban J connectivity index is 1.39. The summed E-state index contributed by atoms with van der Waals surface area (Å²) in [6.07, 6.45) is 2.90. The molecule has 29 heavy (non-hydrogen) atoms. The van der Waals surface area contributed by atoms with Crippen LogP contribution in [0.2, 0.25) is 0 Å². The quantitative estimate of drug-likeness (QED) is 0.563. The number of ether oxygens (including phenoxy) is 1. The summed E-state index contributed by atoms with van der Waals surface area (Å²) in [7, 11) is 0. The molecule has 2 saturated heterocycles. The van der Waals surface area contributed by atoms with E-state index in [1.54, 1.807) is 30.6 Å². The number of carbonyl (C=O) groups is 1. The molecule has 2 aliphatic heterocycles. The van der Waals surface area contributed by atoms with Gasteiger partial charge in [-0.1, -0.05) is 0 Å². The van der Waals surface area contributed by atoms with E-state index in [-0.39, 0.29) is 30.9 Å². The van der Waals surface area contributed by atoms with Crippen LogP contribution in [0.3, 0.4) is 0 Å². The summed E-state index contributed by atoms with van der Waals surface area (Å²) in [5.41, 5.74) is 0. The molecule has 4 atom stereocenters. The lowest BCUT2D eigenvalue weighted by molar-refractivity contribution is -0.0209. The van der Waals surface area contributed by atoms with Crippen molar-refractivity contribution in [3.05, 3.63) is 42.6 Å². The van der Waals surface area contributed by atoms with Gasteiger partial charge in [0.05, 0.1) is 25.0 Å². The van der Waals surface area contributed by atoms with Gasteiger partial charge in [0.25, 0.3) is 5.91 Å². The monoisotopic (exact) mass is 403 g/mol. The van der Waals surface area contributed by atoms with Crippen LogP contribution in [-0.2, 0) is 4.74 Å². The molecule has 2 aromatic heterocycles. The van der Waals surface area contributed by atoms with Crippen molar-refractivity contribution in [2.45, 2.75) is 24.4 Å². The number of aliphatic hydroxyl groups is 2. The van der Waals surface area contributed by atoms with E-state index < -0.39 is 18.3 Å². The fourth-order valence-electron chi connectivity index (χ4n) is 3.96. The highest BCUT2D eigenvalue weighted by atomic mass is 16.5. The number of hydrogen-bond acceptors (Lipinski definition) is 9. The number of furan rings is 1. The summed E-state index contributed by atoms with van der Waals surface area (Å²) in [6, 6.07) is 4.68. The van der Waals surface area contributed by atoms with Gasteiger partial charge in [-0.25, -0.2) is 9.97 Å². The molecule has 156 valence electrons. The van der Waals surface area contributed by atoms with Crippen molar-refractivity contribution >= 4 is 11.9 Å². The molecule has 10 nitrogen and oxygen atoms in total. The Morgan fingerprint density at radius 3 is 2.59 bits per heavy atom. The van der Waals surface area contributed by atoms with Gasteiger partial charge < -0.3 is 29.6 Å². The Morgan fingerprint density at radius 2 is 1.93 bits per heavy atom. The number of amides is 1. The molecule has 2 aromatic rings. The first-order chi connectivity index (χ1) is 14.2. The zero-order valence-corrected chi connectivity index (χ0v) is 15.9. The zero-order chi connectivity index (χ0) is 20.2. The van der Waals surface area contributed by atoms with Crippen molar-refractivity contribution in [1.29, 1.82) is 0 Å². The number of carbonyl (C=O) groups excluding carboxylic acids is 1. The van der Waals surface area contributed by atoms with Gasteiger partial charge in [0.2, 0.25) is 5.95 Å². The van der Waals surface area contributed by atoms with Crippen LogP contribution in [0.1, 0.15) is 10.6 Å². The summed E-state index contributed by atoms with van der Waals surface area (Å²) < 4.78 is 10.9. The maximum absolute atomic E-state index is 12.2.